The van der Waals surface area contributed by atoms with Crippen molar-refractivity contribution < 1.29 is 9.90 Å². The number of amides is 1. The van der Waals surface area contributed by atoms with E-state index in [1.54, 1.807) is 6.92 Å². The van der Waals surface area contributed by atoms with Gasteiger partial charge in [0.1, 0.15) is 0 Å². The van der Waals surface area contributed by atoms with Crippen molar-refractivity contribution in [1.29, 1.82) is 0 Å². The normalized spacial score (nSPS) is 26.9. The van der Waals surface area contributed by atoms with Gasteiger partial charge < -0.3 is 15.7 Å². The van der Waals surface area contributed by atoms with Gasteiger partial charge in [-0.25, -0.2) is 0 Å². The maximum absolute atomic E-state index is 12.3. The molecule has 1 rings (SSSR count). The summed E-state index contributed by atoms with van der Waals surface area (Å²) in [6, 6.07) is 0. The minimum Gasteiger partial charge on any atom is -0.388 e. The molecule has 1 saturated heterocycles. The molecule has 1 aliphatic rings. The first-order valence-electron chi connectivity index (χ1n) is 7.21. The van der Waals surface area contributed by atoms with E-state index in [9.17, 15) is 9.90 Å². The molecule has 0 aromatic carbocycles. The molecule has 2 atom stereocenters. The molecule has 0 aliphatic carbocycles. The fraction of sp³-hybridized carbons (Fsp3) is 0.929. The average Bonchev–Trinajstić information content (AvgIpc) is 2.76. The first-order chi connectivity index (χ1) is 8.46. The predicted octanol–water partition coefficient (Wildman–Crippen LogP) is 1.58. The summed E-state index contributed by atoms with van der Waals surface area (Å²) in [5, 5.41) is 16.4. The summed E-state index contributed by atoms with van der Waals surface area (Å²) in [4.78, 5) is 12.3. The lowest BCUT2D eigenvalue weighted by molar-refractivity contribution is -0.128. The number of aliphatic hydroxyl groups is 1. The molecule has 1 heterocycles. The van der Waals surface area contributed by atoms with E-state index < -0.39 is 11.1 Å². The van der Waals surface area contributed by atoms with Crippen LogP contribution < -0.4 is 10.6 Å². The van der Waals surface area contributed by atoms with E-state index in [4.69, 9.17) is 0 Å². The van der Waals surface area contributed by atoms with Crippen LogP contribution >= 0.6 is 0 Å². The van der Waals surface area contributed by atoms with Gasteiger partial charge in [-0.1, -0.05) is 26.7 Å². The number of rotatable bonds is 7. The van der Waals surface area contributed by atoms with Crippen molar-refractivity contribution in [2.24, 2.45) is 0 Å². The summed E-state index contributed by atoms with van der Waals surface area (Å²) < 4.78 is 0. The second-order valence-corrected chi connectivity index (χ2v) is 5.79. The minimum absolute atomic E-state index is 0.0539. The molecule has 2 unspecified atom stereocenters. The van der Waals surface area contributed by atoms with Gasteiger partial charge in [0.15, 0.2) is 0 Å². The fourth-order valence-corrected chi connectivity index (χ4v) is 2.82. The summed E-state index contributed by atoms with van der Waals surface area (Å²) in [5.41, 5.74) is -1.19. The monoisotopic (exact) mass is 256 g/mol. The van der Waals surface area contributed by atoms with Crippen LogP contribution in [0.5, 0.6) is 0 Å². The Labute approximate surface area is 111 Å². The first kappa shape index (κ1) is 15.4. The van der Waals surface area contributed by atoms with Gasteiger partial charge in [-0.05, 0) is 39.2 Å². The summed E-state index contributed by atoms with van der Waals surface area (Å²) in [6.07, 6.45) is 5.45. The quantitative estimate of drug-likeness (QED) is 0.648. The van der Waals surface area contributed by atoms with Gasteiger partial charge in [0, 0.05) is 6.54 Å². The molecule has 4 heteroatoms. The van der Waals surface area contributed by atoms with Crippen LogP contribution in [0.25, 0.3) is 0 Å². The molecule has 0 aromatic rings. The molecular formula is C14H28N2O2. The third-order valence-corrected chi connectivity index (χ3v) is 3.77. The molecule has 4 nitrogen and oxygen atoms in total. The van der Waals surface area contributed by atoms with Gasteiger partial charge in [-0.3, -0.25) is 4.79 Å². The lowest BCUT2D eigenvalue weighted by Crippen LogP contribution is -2.55. The smallest absolute Gasteiger partial charge is 0.240 e. The van der Waals surface area contributed by atoms with Gasteiger partial charge in [0.25, 0.3) is 0 Å². The maximum atomic E-state index is 12.3. The summed E-state index contributed by atoms with van der Waals surface area (Å²) in [5.74, 6) is 0.0539. The molecule has 1 fully saturated rings. The first-order valence-corrected chi connectivity index (χ1v) is 7.21. The fourth-order valence-electron chi connectivity index (χ4n) is 2.82. The molecular weight excluding hydrogens is 228 g/mol. The Morgan fingerprint density at radius 2 is 2.17 bits per heavy atom. The molecule has 3 N–H and O–H groups in total. The van der Waals surface area contributed by atoms with Crippen LogP contribution in [0.1, 0.15) is 59.3 Å². The van der Waals surface area contributed by atoms with Crippen molar-refractivity contribution in [2.75, 3.05) is 13.1 Å². The molecule has 0 bridgehead atoms. The van der Waals surface area contributed by atoms with E-state index in [-0.39, 0.29) is 5.91 Å². The molecule has 1 amide bonds. The number of hydrogen-bond acceptors (Lipinski definition) is 3. The number of carbonyl (C=O) groups excluding carboxylic acids is 1. The van der Waals surface area contributed by atoms with Crippen LogP contribution in [-0.4, -0.2) is 35.2 Å². The standard InChI is InChI=1S/C14H28N2O2/c1-4-7-13(3,18)11-15-12(17)14(8-5-2)9-6-10-16-14/h16,18H,4-11H2,1-3H3,(H,15,17). The summed E-state index contributed by atoms with van der Waals surface area (Å²) in [6.45, 7) is 7.17. The van der Waals surface area contributed by atoms with Crippen LogP contribution in [0.4, 0.5) is 0 Å². The molecule has 0 saturated carbocycles. The molecule has 18 heavy (non-hydrogen) atoms. The summed E-state index contributed by atoms with van der Waals surface area (Å²) >= 11 is 0. The third kappa shape index (κ3) is 3.95. The Morgan fingerprint density at radius 1 is 1.44 bits per heavy atom. The van der Waals surface area contributed by atoms with Crippen LogP contribution in [0.15, 0.2) is 0 Å². The van der Waals surface area contributed by atoms with Crippen LogP contribution in [0.3, 0.4) is 0 Å². The third-order valence-electron chi connectivity index (χ3n) is 3.77. The van der Waals surface area contributed by atoms with Gasteiger partial charge in [0.05, 0.1) is 11.1 Å². The lowest BCUT2D eigenvalue weighted by atomic mass is 9.90. The second kappa shape index (κ2) is 6.53. The largest absolute Gasteiger partial charge is 0.388 e. The second-order valence-electron chi connectivity index (χ2n) is 5.79. The Balaban J connectivity index is 2.52. The Kier molecular flexibility index (Phi) is 5.60. The molecule has 106 valence electrons. The van der Waals surface area contributed by atoms with Crippen molar-refractivity contribution in [3.05, 3.63) is 0 Å². The Hall–Kier alpha value is -0.610. The van der Waals surface area contributed by atoms with Crippen LogP contribution in [0.2, 0.25) is 0 Å². The number of hydrogen-bond donors (Lipinski definition) is 3. The van der Waals surface area contributed by atoms with Gasteiger partial charge >= 0.3 is 0 Å². The zero-order valence-electron chi connectivity index (χ0n) is 12.0. The number of nitrogens with one attached hydrogen (secondary N) is 2. The lowest BCUT2D eigenvalue weighted by Gasteiger charge is -2.30. The topological polar surface area (TPSA) is 61.4 Å². The highest BCUT2D eigenvalue weighted by atomic mass is 16.3. The predicted molar refractivity (Wildman–Crippen MR) is 73.4 cm³/mol. The zero-order valence-corrected chi connectivity index (χ0v) is 12.0. The van der Waals surface area contributed by atoms with Crippen molar-refractivity contribution in [3.63, 3.8) is 0 Å². The highest BCUT2D eigenvalue weighted by Gasteiger charge is 2.40. The SMILES string of the molecule is CCCC(C)(O)CNC(=O)C1(CCC)CCCN1. The van der Waals surface area contributed by atoms with E-state index in [1.165, 1.54) is 0 Å². The highest BCUT2D eigenvalue weighted by Crippen LogP contribution is 2.25. The van der Waals surface area contributed by atoms with Crippen LogP contribution in [-0.2, 0) is 4.79 Å². The van der Waals surface area contributed by atoms with Gasteiger partial charge in [-0.2, -0.15) is 0 Å². The molecule has 0 radical (unpaired) electrons. The molecule has 1 aliphatic heterocycles. The van der Waals surface area contributed by atoms with E-state index in [2.05, 4.69) is 17.6 Å². The van der Waals surface area contributed by atoms with Crippen molar-refractivity contribution in [3.8, 4) is 0 Å². The average molecular weight is 256 g/mol. The minimum atomic E-state index is -0.795. The van der Waals surface area contributed by atoms with Crippen molar-refractivity contribution >= 4 is 5.91 Å². The molecule has 0 aromatic heterocycles. The van der Waals surface area contributed by atoms with Gasteiger partial charge in [-0.15, -0.1) is 0 Å². The summed E-state index contributed by atoms with van der Waals surface area (Å²) in [7, 11) is 0. The highest BCUT2D eigenvalue weighted by molar-refractivity contribution is 5.86. The van der Waals surface area contributed by atoms with E-state index in [0.717, 1.165) is 38.6 Å². The van der Waals surface area contributed by atoms with Crippen LogP contribution in [0, 0.1) is 0 Å². The number of carbonyl (C=O) groups is 1. The zero-order chi connectivity index (χ0) is 13.6. The Morgan fingerprint density at radius 3 is 2.67 bits per heavy atom. The van der Waals surface area contributed by atoms with E-state index in [1.807, 2.05) is 6.92 Å². The molecule has 0 spiro atoms. The maximum Gasteiger partial charge on any atom is 0.240 e. The van der Waals surface area contributed by atoms with E-state index >= 15 is 0 Å². The Bertz CT molecular complexity index is 271. The van der Waals surface area contributed by atoms with Gasteiger partial charge in [0.2, 0.25) is 5.91 Å². The van der Waals surface area contributed by atoms with E-state index in [0.29, 0.717) is 13.0 Å². The van der Waals surface area contributed by atoms with Crippen molar-refractivity contribution in [2.45, 2.75) is 70.4 Å². The van der Waals surface area contributed by atoms with Crippen molar-refractivity contribution in [1.82, 2.24) is 10.6 Å².